The normalized spacial score (nSPS) is 19.5. The molecule has 0 saturated carbocycles. The number of ether oxygens (including phenoxy) is 1. The van der Waals surface area contributed by atoms with Crippen molar-refractivity contribution in [2.45, 2.75) is 35.1 Å². The molecule has 2 aromatic rings. The number of nitrogens with one attached hydrogen (secondary N) is 1. The van der Waals surface area contributed by atoms with Crippen LogP contribution in [0.5, 0.6) is 0 Å². The van der Waals surface area contributed by atoms with Gasteiger partial charge in [0.2, 0.25) is 0 Å². The summed E-state index contributed by atoms with van der Waals surface area (Å²) in [6.45, 7) is 0.393. The minimum atomic E-state index is -0.548. The van der Waals surface area contributed by atoms with Crippen LogP contribution in [0.15, 0.2) is 40.6 Å². The van der Waals surface area contributed by atoms with E-state index in [9.17, 15) is 9.18 Å². The maximum absolute atomic E-state index is 13.6. The molecule has 1 saturated heterocycles. The minimum Gasteiger partial charge on any atom is -0.364 e. The Morgan fingerprint density at radius 3 is 2.96 bits per heavy atom. The number of aromatic nitrogens is 2. The Morgan fingerprint density at radius 1 is 1.52 bits per heavy atom. The van der Waals surface area contributed by atoms with Gasteiger partial charge >= 0.3 is 0 Å². The van der Waals surface area contributed by atoms with Crippen LogP contribution in [0.2, 0.25) is 0 Å². The van der Waals surface area contributed by atoms with Gasteiger partial charge < -0.3 is 20.4 Å². The van der Waals surface area contributed by atoms with Crippen molar-refractivity contribution in [2.75, 3.05) is 11.9 Å². The number of benzene rings is 1. The molecule has 0 bridgehead atoms. The standard InChI is InChI=1S/C16H19FN4O2S.ClH/c1-21-7-6-19-16(21)24-14-5-2-10(17)8-12(14)20-15(22)13-4-3-11(9-18)23-13;/h2,5-8,11,13H,3-4,9,18H2,1H3,(H,20,22);1H/t11-,13+;/m1./s1. The second-order valence-electron chi connectivity index (χ2n) is 5.61. The fraction of sp³-hybridized carbons (Fsp3) is 0.375. The third-order valence-electron chi connectivity index (χ3n) is 3.84. The van der Waals surface area contributed by atoms with Gasteiger partial charge in [-0.2, -0.15) is 0 Å². The van der Waals surface area contributed by atoms with E-state index < -0.39 is 11.9 Å². The first-order valence-corrected chi connectivity index (χ1v) is 8.49. The van der Waals surface area contributed by atoms with Gasteiger partial charge in [-0.05, 0) is 42.8 Å². The highest BCUT2D eigenvalue weighted by atomic mass is 35.5. The molecule has 0 radical (unpaired) electrons. The Hall–Kier alpha value is -1.61. The van der Waals surface area contributed by atoms with Crippen LogP contribution < -0.4 is 11.1 Å². The highest BCUT2D eigenvalue weighted by molar-refractivity contribution is 7.99. The van der Waals surface area contributed by atoms with Gasteiger partial charge in [0.05, 0.1) is 11.8 Å². The van der Waals surface area contributed by atoms with Crippen LogP contribution in [0.25, 0.3) is 0 Å². The maximum Gasteiger partial charge on any atom is 0.253 e. The van der Waals surface area contributed by atoms with E-state index in [0.717, 1.165) is 11.6 Å². The number of nitrogens with zero attached hydrogens (tertiary/aromatic N) is 2. The van der Waals surface area contributed by atoms with E-state index in [1.54, 1.807) is 12.3 Å². The van der Waals surface area contributed by atoms with Crippen molar-refractivity contribution < 1.29 is 13.9 Å². The molecule has 1 aliphatic heterocycles. The second-order valence-corrected chi connectivity index (χ2v) is 6.62. The Morgan fingerprint density at radius 2 is 2.32 bits per heavy atom. The van der Waals surface area contributed by atoms with E-state index in [2.05, 4.69) is 10.3 Å². The van der Waals surface area contributed by atoms with Gasteiger partial charge in [-0.1, -0.05) is 0 Å². The summed E-state index contributed by atoms with van der Waals surface area (Å²) in [5.41, 5.74) is 5.97. The zero-order chi connectivity index (χ0) is 17.1. The number of imidazole rings is 1. The molecule has 1 aromatic heterocycles. The van der Waals surface area contributed by atoms with Crippen LogP contribution in [0.4, 0.5) is 10.1 Å². The Bertz CT molecular complexity index is 743. The Kier molecular flexibility index (Phi) is 6.83. The molecule has 6 nitrogen and oxygen atoms in total. The van der Waals surface area contributed by atoms with Gasteiger partial charge in [-0.3, -0.25) is 4.79 Å². The van der Waals surface area contributed by atoms with Crippen molar-refractivity contribution >= 4 is 35.8 Å². The molecule has 136 valence electrons. The summed E-state index contributed by atoms with van der Waals surface area (Å²) in [5.74, 6) is -0.695. The lowest BCUT2D eigenvalue weighted by atomic mass is 10.2. The molecular formula is C16H20ClFN4O2S. The number of hydrogen-bond acceptors (Lipinski definition) is 5. The molecule has 1 amide bonds. The van der Waals surface area contributed by atoms with Crippen molar-refractivity contribution in [1.82, 2.24) is 9.55 Å². The molecule has 1 aliphatic rings. The summed E-state index contributed by atoms with van der Waals surface area (Å²) in [6.07, 6.45) is 4.24. The van der Waals surface area contributed by atoms with Crippen LogP contribution in [0.1, 0.15) is 12.8 Å². The number of nitrogens with two attached hydrogens (primary N) is 1. The molecule has 25 heavy (non-hydrogen) atoms. The first kappa shape index (κ1) is 19.7. The summed E-state index contributed by atoms with van der Waals surface area (Å²) < 4.78 is 21.1. The van der Waals surface area contributed by atoms with Gasteiger partial charge in [0.25, 0.3) is 5.91 Å². The molecule has 0 spiro atoms. The Balaban J connectivity index is 0.00000225. The van der Waals surface area contributed by atoms with Crippen molar-refractivity contribution in [1.29, 1.82) is 0 Å². The molecule has 0 aliphatic carbocycles. The third-order valence-corrected chi connectivity index (χ3v) is 4.99. The lowest BCUT2D eigenvalue weighted by Gasteiger charge is -2.15. The molecule has 3 N–H and O–H groups in total. The fourth-order valence-electron chi connectivity index (χ4n) is 2.52. The highest BCUT2D eigenvalue weighted by Gasteiger charge is 2.30. The molecule has 3 rings (SSSR count). The lowest BCUT2D eigenvalue weighted by Crippen LogP contribution is -2.30. The van der Waals surface area contributed by atoms with Gasteiger partial charge in [0, 0.05) is 30.9 Å². The number of rotatable bonds is 5. The predicted octanol–water partition coefficient (Wildman–Crippen LogP) is 2.58. The van der Waals surface area contributed by atoms with Crippen LogP contribution in [0.3, 0.4) is 0 Å². The van der Waals surface area contributed by atoms with Crippen molar-refractivity contribution in [3.8, 4) is 0 Å². The molecule has 2 atom stereocenters. The number of carbonyl (C=O) groups is 1. The topological polar surface area (TPSA) is 82.2 Å². The molecule has 2 heterocycles. The molecule has 1 fully saturated rings. The van der Waals surface area contributed by atoms with Gasteiger partial charge in [0.1, 0.15) is 11.9 Å². The number of anilines is 1. The molecule has 1 aromatic carbocycles. The number of aryl methyl sites for hydroxylation is 1. The summed E-state index contributed by atoms with van der Waals surface area (Å²) in [7, 11) is 1.87. The summed E-state index contributed by atoms with van der Waals surface area (Å²) in [6, 6.07) is 4.29. The van der Waals surface area contributed by atoms with E-state index >= 15 is 0 Å². The second kappa shape index (κ2) is 8.66. The zero-order valence-corrected chi connectivity index (χ0v) is 15.3. The first-order valence-electron chi connectivity index (χ1n) is 7.68. The van der Waals surface area contributed by atoms with Gasteiger partial charge in [0.15, 0.2) is 5.16 Å². The van der Waals surface area contributed by atoms with Crippen LogP contribution in [0, 0.1) is 5.82 Å². The summed E-state index contributed by atoms with van der Waals surface area (Å²) in [5, 5.41) is 3.51. The average Bonchev–Trinajstić information content (AvgIpc) is 3.19. The Labute approximate surface area is 155 Å². The lowest BCUT2D eigenvalue weighted by molar-refractivity contribution is -0.126. The monoisotopic (exact) mass is 386 g/mol. The SMILES string of the molecule is Cl.Cn1ccnc1Sc1ccc(F)cc1NC(=O)[C@@H]1CC[C@H](CN)O1. The van der Waals surface area contributed by atoms with E-state index in [4.69, 9.17) is 10.5 Å². The molecule has 9 heteroatoms. The summed E-state index contributed by atoms with van der Waals surface area (Å²) in [4.78, 5) is 17.3. The first-order chi connectivity index (χ1) is 11.6. The van der Waals surface area contributed by atoms with Gasteiger partial charge in [-0.25, -0.2) is 9.37 Å². The van der Waals surface area contributed by atoms with E-state index in [1.807, 2.05) is 17.8 Å². The van der Waals surface area contributed by atoms with Crippen molar-refractivity contribution in [3.63, 3.8) is 0 Å². The third kappa shape index (κ3) is 4.72. The van der Waals surface area contributed by atoms with Crippen molar-refractivity contribution in [3.05, 3.63) is 36.4 Å². The molecular weight excluding hydrogens is 367 g/mol. The van der Waals surface area contributed by atoms with Crippen molar-refractivity contribution in [2.24, 2.45) is 12.8 Å². The van der Waals surface area contributed by atoms with E-state index in [1.165, 1.54) is 23.9 Å². The number of hydrogen-bond donors (Lipinski definition) is 2. The largest absolute Gasteiger partial charge is 0.364 e. The number of amides is 1. The zero-order valence-electron chi connectivity index (χ0n) is 13.6. The minimum absolute atomic E-state index is 0. The fourth-order valence-corrected chi connectivity index (χ4v) is 3.39. The number of carbonyl (C=O) groups excluding carboxylic acids is 1. The smallest absolute Gasteiger partial charge is 0.253 e. The summed E-state index contributed by atoms with van der Waals surface area (Å²) >= 11 is 1.36. The van der Waals surface area contributed by atoms with E-state index in [-0.39, 0.29) is 24.4 Å². The number of halogens is 2. The van der Waals surface area contributed by atoms with E-state index in [0.29, 0.717) is 23.5 Å². The average molecular weight is 387 g/mol. The van der Waals surface area contributed by atoms with Crippen LogP contribution in [-0.4, -0.2) is 34.2 Å². The predicted molar refractivity (Wildman–Crippen MR) is 96.6 cm³/mol. The molecule has 0 unspecified atom stereocenters. The van der Waals surface area contributed by atoms with Gasteiger partial charge in [-0.15, -0.1) is 12.4 Å². The van der Waals surface area contributed by atoms with Crippen LogP contribution >= 0.6 is 24.2 Å². The van der Waals surface area contributed by atoms with Crippen LogP contribution in [-0.2, 0) is 16.6 Å². The quantitative estimate of drug-likeness (QED) is 0.825. The highest BCUT2D eigenvalue weighted by Crippen LogP contribution is 2.33. The maximum atomic E-state index is 13.6.